The third-order valence-corrected chi connectivity index (χ3v) is 3.08. The predicted molar refractivity (Wildman–Crippen MR) is 75.6 cm³/mol. The highest BCUT2D eigenvalue weighted by atomic mass is 16.7. The van der Waals surface area contributed by atoms with Crippen LogP contribution in [0.3, 0.4) is 0 Å². The van der Waals surface area contributed by atoms with Crippen molar-refractivity contribution in [2.24, 2.45) is 0 Å². The number of rotatable bonds is 6. The van der Waals surface area contributed by atoms with Crippen molar-refractivity contribution in [3.05, 3.63) is 48.2 Å². The Bertz CT molecular complexity index is 547. The molecule has 1 aliphatic heterocycles. The fourth-order valence-electron chi connectivity index (χ4n) is 1.81. The van der Waals surface area contributed by atoms with Gasteiger partial charge in [0, 0.05) is 11.8 Å². The van der Waals surface area contributed by atoms with E-state index in [0.717, 1.165) is 29.2 Å². The molecule has 4 heteroatoms. The zero-order chi connectivity index (χ0) is 13.8. The van der Waals surface area contributed by atoms with E-state index >= 15 is 0 Å². The van der Waals surface area contributed by atoms with Gasteiger partial charge in [-0.15, -0.1) is 0 Å². The largest absolute Gasteiger partial charge is 0.468 e. The predicted octanol–water partition coefficient (Wildman–Crippen LogP) is 2.81. The number of pyridine rings is 1. The minimum atomic E-state index is 0.252. The molecule has 1 unspecified atom stereocenters. The smallest absolute Gasteiger partial charge is 0.189 e. The Kier molecular flexibility index (Phi) is 3.95. The lowest BCUT2D eigenvalue weighted by atomic mass is 10.1. The molecule has 0 radical (unpaired) electrons. The van der Waals surface area contributed by atoms with Crippen molar-refractivity contribution in [3.8, 4) is 17.0 Å². The molecule has 1 saturated heterocycles. The summed E-state index contributed by atoms with van der Waals surface area (Å²) in [5, 5.41) is 0. The van der Waals surface area contributed by atoms with Crippen LogP contribution in [0, 0.1) is 6.92 Å². The highest BCUT2D eigenvalue weighted by Crippen LogP contribution is 2.21. The van der Waals surface area contributed by atoms with Crippen LogP contribution in [0.5, 0.6) is 5.75 Å². The molecule has 1 aliphatic rings. The second-order valence-electron chi connectivity index (χ2n) is 4.83. The van der Waals surface area contributed by atoms with Crippen LogP contribution in [0.2, 0.25) is 0 Å². The number of ether oxygens (including phenoxy) is 3. The van der Waals surface area contributed by atoms with Crippen LogP contribution >= 0.6 is 0 Å². The Morgan fingerprint density at radius 1 is 1.20 bits per heavy atom. The highest BCUT2D eigenvalue weighted by molar-refractivity contribution is 5.59. The van der Waals surface area contributed by atoms with Crippen LogP contribution < -0.4 is 4.74 Å². The molecule has 20 heavy (non-hydrogen) atoms. The molecule has 0 spiro atoms. The van der Waals surface area contributed by atoms with Gasteiger partial charge in [-0.3, -0.25) is 4.98 Å². The van der Waals surface area contributed by atoms with Crippen LogP contribution in [0.1, 0.15) is 5.56 Å². The molecule has 1 fully saturated rings. The second-order valence-corrected chi connectivity index (χ2v) is 4.83. The van der Waals surface area contributed by atoms with Crippen LogP contribution in [-0.4, -0.2) is 31.1 Å². The molecule has 2 heterocycles. The number of epoxide rings is 1. The van der Waals surface area contributed by atoms with E-state index in [-0.39, 0.29) is 12.9 Å². The van der Waals surface area contributed by atoms with E-state index in [9.17, 15) is 0 Å². The SMILES string of the molecule is Cc1ccc(-c2ccc(OCOCC3CO3)cc2)nc1. The lowest BCUT2D eigenvalue weighted by Crippen LogP contribution is -2.07. The average Bonchev–Trinajstić information content (AvgIpc) is 3.29. The summed E-state index contributed by atoms with van der Waals surface area (Å²) < 4.78 is 15.9. The number of benzene rings is 1. The van der Waals surface area contributed by atoms with E-state index in [4.69, 9.17) is 14.2 Å². The van der Waals surface area contributed by atoms with E-state index in [2.05, 4.69) is 11.1 Å². The van der Waals surface area contributed by atoms with Gasteiger partial charge in [-0.1, -0.05) is 6.07 Å². The number of hydrogen-bond acceptors (Lipinski definition) is 4. The molecule has 0 amide bonds. The van der Waals surface area contributed by atoms with Gasteiger partial charge in [-0.2, -0.15) is 0 Å². The lowest BCUT2D eigenvalue weighted by molar-refractivity contribution is 0.00822. The van der Waals surface area contributed by atoms with Crippen molar-refractivity contribution in [1.82, 2.24) is 4.98 Å². The Labute approximate surface area is 118 Å². The molecule has 1 atom stereocenters. The number of aryl methyl sites for hydroxylation is 1. The van der Waals surface area contributed by atoms with Gasteiger partial charge in [0.25, 0.3) is 0 Å². The maximum absolute atomic E-state index is 5.50. The first-order valence-corrected chi connectivity index (χ1v) is 6.66. The Morgan fingerprint density at radius 3 is 2.65 bits per heavy atom. The Morgan fingerprint density at radius 2 is 2.00 bits per heavy atom. The summed E-state index contributed by atoms with van der Waals surface area (Å²) >= 11 is 0. The quantitative estimate of drug-likeness (QED) is 0.460. The Hall–Kier alpha value is -1.91. The first-order chi connectivity index (χ1) is 9.81. The molecule has 104 valence electrons. The summed E-state index contributed by atoms with van der Waals surface area (Å²) in [4.78, 5) is 4.40. The second kappa shape index (κ2) is 6.03. The molecular formula is C16H17NO3. The standard InChI is InChI=1S/C16H17NO3/c1-12-2-7-16(17-8-12)13-3-5-14(6-4-13)20-11-18-9-15-10-19-15/h2-8,15H,9-11H2,1H3. The number of nitrogens with zero attached hydrogens (tertiary/aromatic N) is 1. The maximum atomic E-state index is 5.50. The van der Waals surface area contributed by atoms with Crippen molar-refractivity contribution in [2.45, 2.75) is 13.0 Å². The summed E-state index contributed by atoms with van der Waals surface area (Å²) in [5.41, 5.74) is 3.19. The van der Waals surface area contributed by atoms with Crippen molar-refractivity contribution in [2.75, 3.05) is 20.0 Å². The normalized spacial score (nSPS) is 16.9. The molecular weight excluding hydrogens is 254 g/mol. The zero-order valence-electron chi connectivity index (χ0n) is 11.4. The molecule has 0 bridgehead atoms. The van der Waals surface area contributed by atoms with Crippen LogP contribution in [0.4, 0.5) is 0 Å². The van der Waals surface area contributed by atoms with Crippen molar-refractivity contribution in [1.29, 1.82) is 0 Å². The number of hydrogen-bond donors (Lipinski definition) is 0. The monoisotopic (exact) mass is 271 g/mol. The maximum Gasteiger partial charge on any atom is 0.189 e. The van der Waals surface area contributed by atoms with Crippen molar-refractivity contribution in [3.63, 3.8) is 0 Å². The molecule has 3 rings (SSSR count). The van der Waals surface area contributed by atoms with E-state index in [1.54, 1.807) is 0 Å². The van der Waals surface area contributed by atoms with E-state index < -0.39 is 0 Å². The van der Waals surface area contributed by atoms with Gasteiger partial charge in [0.05, 0.1) is 18.9 Å². The van der Waals surface area contributed by atoms with E-state index in [1.807, 2.05) is 43.5 Å². The van der Waals surface area contributed by atoms with Crippen LogP contribution in [-0.2, 0) is 9.47 Å². The lowest BCUT2D eigenvalue weighted by Gasteiger charge is -2.07. The van der Waals surface area contributed by atoms with E-state index in [0.29, 0.717) is 6.61 Å². The van der Waals surface area contributed by atoms with Gasteiger partial charge in [0.1, 0.15) is 11.9 Å². The molecule has 2 aromatic rings. The van der Waals surface area contributed by atoms with Gasteiger partial charge in [-0.25, -0.2) is 0 Å². The van der Waals surface area contributed by atoms with Crippen molar-refractivity contribution < 1.29 is 14.2 Å². The minimum absolute atomic E-state index is 0.252. The zero-order valence-corrected chi connectivity index (χ0v) is 11.4. The fraction of sp³-hybridized carbons (Fsp3) is 0.312. The van der Waals surface area contributed by atoms with Crippen LogP contribution in [0.25, 0.3) is 11.3 Å². The molecule has 0 saturated carbocycles. The van der Waals surface area contributed by atoms with E-state index in [1.165, 1.54) is 0 Å². The molecule has 1 aromatic carbocycles. The third-order valence-electron chi connectivity index (χ3n) is 3.08. The summed E-state index contributed by atoms with van der Waals surface area (Å²) in [6.45, 7) is 3.69. The van der Waals surface area contributed by atoms with Gasteiger partial charge in [0.2, 0.25) is 0 Å². The Balaban J connectivity index is 1.54. The molecule has 1 aromatic heterocycles. The van der Waals surface area contributed by atoms with Gasteiger partial charge in [0.15, 0.2) is 6.79 Å². The summed E-state index contributed by atoms with van der Waals surface area (Å²) in [6.07, 6.45) is 2.14. The third kappa shape index (κ3) is 3.56. The first kappa shape index (κ1) is 13.1. The first-order valence-electron chi connectivity index (χ1n) is 6.66. The van der Waals surface area contributed by atoms with Crippen LogP contribution in [0.15, 0.2) is 42.6 Å². The topological polar surface area (TPSA) is 43.9 Å². The van der Waals surface area contributed by atoms with Crippen molar-refractivity contribution >= 4 is 0 Å². The summed E-state index contributed by atoms with van der Waals surface area (Å²) in [5.74, 6) is 0.789. The minimum Gasteiger partial charge on any atom is -0.468 e. The van der Waals surface area contributed by atoms with Gasteiger partial charge in [-0.05, 0) is 42.8 Å². The summed E-state index contributed by atoms with van der Waals surface area (Å²) in [6, 6.07) is 11.9. The van der Waals surface area contributed by atoms with Gasteiger partial charge < -0.3 is 14.2 Å². The highest BCUT2D eigenvalue weighted by Gasteiger charge is 2.22. The molecule has 0 N–H and O–H groups in total. The summed E-state index contributed by atoms with van der Waals surface area (Å²) in [7, 11) is 0. The molecule has 4 nitrogen and oxygen atoms in total. The van der Waals surface area contributed by atoms with Gasteiger partial charge >= 0.3 is 0 Å². The fourth-order valence-corrected chi connectivity index (χ4v) is 1.81. The number of aromatic nitrogens is 1. The average molecular weight is 271 g/mol. The molecule has 0 aliphatic carbocycles.